The predicted molar refractivity (Wildman–Crippen MR) is 90.7 cm³/mol. The van der Waals surface area contributed by atoms with Crippen molar-refractivity contribution in [2.75, 3.05) is 25.0 Å². The molecule has 126 valence electrons. The van der Waals surface area contributed by atoms with Crippen LogP contribution in [0.15, 0.2) is 6.07 Å². The van der Waals surface area contributed by atoms with E-state index in [0.717, 1.165) is 5.56 Å². The second-order valence-corrected chi connectivity index (χ2v) is 7.77. The SMILES string of the molecule is Cc1cc(NC(=O)C(C)(C)C)sc1C(=O)N1CCNC(=O)CC1. The van der Waals surface area contributed by atoms with Crippen LogP contribution in [-0.2, 0) is 9.59 Å². The average molecular weight is 337 g/mol. The van der Waals surface area contributed by atoms with Gasteiger partial charge >= 0.3 is 0 Å². The zero-order chi connectivity index (χ0) is 17.2. The predicted octanol–water partition coefficient (Wildman–Crippen LogP) is 2.00. The van der Waals surface area contributed by atoms with Gasteiger partial charge in [-0.05, 0) is 18.6 Å². The largest absolute Gasteiger partial charge is 0.354 e. The third-order valence-corrected chi connectivity index (χ3v) is 4.77. The standard InChI is InChI=1S/C16H23N3O3S/c1-10-9-12(18-15(22)16(2,3)4)23-13(10)14(21)19-7-5-11(20)17-6-8-19/h9H,5-8H2,1-4H3,(H,17,20)(H,18,22). The number of carbonyl (C=O) groups is 3. The number of hydrogen-bond donors (Lipinski definition) is 2. The molecule has 0 saturated carbocycles. The molecule has 6 nitrogen and oxygen atoms in total. The Morgan fingerprint density at radius 2 is 2.00 bits per heavy atom. The number of rotatable bonds is 2. The van der Waals surface area contributed by atoms with Gasteiger partial charge in [0.05, 0.1) is 9.88 Å². The van der Waals surface area contributed by atoms with Crippen LogP contribution in [0.5, 0.6) is 0 Å². The minimum atomic E-state index is -0.487. The molecule has 0 aromatic carbocycles. The van der Waals surface area contributed by atoms with Crippen molar-refractivity contribution in [3.8, 4) is 0 Å². The van der Waals surface area contributed by atoms with Crippen LogP contribution in [0.1, 0.15) is 42.4 Å². The van der Waals surface area contributed by atoms with Gasteiger partial charge in [-0.2, -0.15) is 0 Å². The fourth-order valence-corrected chi connectivity index (χ4v) is 3.20. The Morgan fingerprint density at radius 1 is 1.30 bits per heavy atom. The molecule has 2 rings (SSSR count). The lowest BCUT2D eigenvalue weighted by atomic mass is 9.96. The Labute approximate surface area is 140 Å². The zero-order valence-electron chi connectivity index (χ0n) is 14.0. The summed E-state index contributed by atoms with van der Waals surface area (Å²) >= 11 is 1.28. The minimum Gasteiger partial charge on any atom is -0.354 e. The molecule has 7 heteroatoms. The highest BCUT2D eigenvalue weighted by Crippen LogP contribution is 2.29. The van der Waals surface area contributed by atoms with Crippen LogP contribution in [-0.4, -0.2) is 42.3 Å². The normalized spacial score (nSPS) is 15.8. The molecule has 1 aliphatic rings. The Morgan fingerprint density at radius 3 is 2.65 bits per heavy atom. The lowest BCUT2D eigenvalue weighted by Crippen LogP contribution is -2.34. The fourth-order valence-electron chi connectivity index (χ4n) is 2.17. The molecule has 0 spiro atoms. The molecule has 2 heterocycles. The molecule has 0 unspecified atom stereocenters. The third-order valence-electron chi connectivity index (χ3n) is 3.63. The van der Waals surface area contributed by atoms with E-state index >= 15 is 0 Å². The van der Waals surface area contributed by atoms with Gasteiger partial charge in [0.1, 0.15) is 0 Å². The van der Waals surface area contributed by atoms with Crippen molar-refractivity contribution in [1.82, 2.24) is 10.2 Å². The monoisotopic (exact) mass is 337 g/mol. The molecule has 2 N–H and O–H groups in total. The number of amides is 3. The Balaban J connectivity index is 2.12. The van der Waals surface area contributed by atoms with Crippen molar-refractivity contribution < 1.29 is 14.4 Å². The van der Waals surface area contributed by atoms with Gasteiger partial charge in [-0.1, -0.05) is 20.8 Å². The molecule has 0 bridgehead atoms. The maximum atomic E-state index is 12.7. The summed E-state index contributed by atoms with van der Waals surface area (Å²) < 4.78 is 0. The summed E-state index contributed by atoms with van der Waals surface area (Å²) in [6.07, 6.45) is 0.323. The number of anilines is 1. The first-order chi connectivity index (χ1) is 10.7. The van der Waals surface area contributed by atoms with E-state index in [-0.39, 0.29) is 17.7 Å². The molecular formula is C16H23N3O3S. The average Bonchev–Trinajstić information content (AvgIpc) is 2.67. The molecule has 0 aliphatic carbocycles. The molecule has 23 heavy (non-hydrogen) atoms. The van der Waals surface area contributed by atoms with E-state index < -0.39 is 5.41 Å². The van der Waals surface area contributed by atoms with E-state index in [9.17, 15) is 14.4 Å². The first-order valence-electron chi connectivity index (χ1n) is 7.66. The van der Waals surface area contributed by atoms with Crippen molar-refractivity contribution in [1.29, 1.82) is 0 Å². The van der Waals surface area contributed by atoms with Crippen molar-refractivity contribution in [2.45, 2.75) is 34.1 Å². The van der Waals surface area contributed by atoms with Gasteiger partial charge in [0.15, 0.2) is 0 Å². The molecule has 0 atom stereocenters. The van der Waals surface area contributed by atoms with E-state index in [1.54, 1.807) is 4.90 Å². The quantitative estimate of drug-likeness (QED) is 0.866. The van der Waals surface area contributed by atoms with Gasteiger partial charge in [-0.25, -0.2) is 0 Å². The first kappa shape index (κ1) is 17.5. The van der Waals surface area contributed by atoms with Crippen LogP contribution in [0, 0.1) is 12.3 Å². The second kappa shape index (κ2) is 6.70. The molecule has 1 fully saturated rings. The lowest BCUT2D eigenvalue weighted by Gasteiger charge is -2.19. The number of nitrogens with one attached hydrogen (secondary N) is 2. The zero-order valence-corrected chi connectivity index (χ0v) is 14.8. The van der Waals surface area contributed by atoms with E-state index in [0.29, 0.717) is 35.9 Å². The third kappa shape index (κ3) is 4.31. The van der Waals surface area contributed by atoms with Gasteiger partial charge < -0.3 is 15.5 Å². The highest BCUT2D eigenvalue weighted by atomic mass is 32.1. The Kier molecular flexibility index (Phi) is 5.09. The summed E-state index contributed by atoms with van der Waals surface area (Å²) in [4.78, 5) is 38.4. The van der Waals surface area contributed by atoms with Gasteiger partial charge in [0.2, 0.25) is 11.8 Å². The van der Waals surface area contributed by atoms with Crippen LogP contribution in [0.3, 0.4) is 0 Å². The number of thiophene rings is 1. The van der Waals surface area contributed by atoms with Gasteiger partial charge in [-0.3, -0.25) is 14.4 Å². The van der Waals surface area contributed by atoms with E-state index in [1.165, 1.54) is 11.3 Å². The maximum Gasteiger partial charge on any atom is 0.264 e. The molecule has 1 aromatic rings. The summed E-state index contributed by atoms with van der Waals surface area (Å²) in [5, 5.41) is 6.30. The lowest BCUT2D eigenvalue weighted by molar-refractivity contribution is -0.123. The van der Waals surface area contributed by atoms with Gasteiger partial charge in [0, 0.05) is 31.5 Å². The van der Waals surface area contributed by atoms with Gasteiger partial charge in [-0.15, -0.1) is 11.3 Å². The summed E-state index contributed by atoms with van der Waals surface area (Å²) in [6, 6.07) is 1.82. The van der Waals surface area contributed by atoms with Crippen molar-refractivity contribution in [2.24, 2.45) is 5.41 Å². The smallest absolute Gasteiger partial charge is 0.264 e. The molecule has 1 aliphatic heterocycles. The molecule has 3 amide bonds. The summed E-state index contributed by atoms with van der Waals surface area (Å²) in [5.74, 6) is -0.191. The summed E-state index contributed by atoms with van der Waals surface area (Å²) in [6.45, 7) is 8.79. The van der Waals surface area contributed by atoms with Crippen LogP contribution < -0.4 is 10.6 Å². The Hall–Kier alpha value is -1.89. The molecular weight excluding hydrogens is 314 g/mol. The van der Waals surface area contributed by atoms with Crippen LogP contribution in [0.2, 0.25) is 0 Å². The summed E-state index contributed by atoms with van der Waals surface area (Å²) in [7, 11) is 0. The maximum absolute atomic E-state index is 12.7. The van der Waals surface area contributed by atoms with E-state index in [2.05, 4.69) is 10.6 Å². The van der Waals surface area contributed by atoms with Crippen molar-refractivity contribution >= 4 is 34.1 Å². The molecule has 1 aromatic heterocycles. The summed E-state index contributed by atoms with van der Waals surface area (Å²) in [5.41, 5.74) is 0.353. The molecule has 0 radical (unpaired) electrons. The minimum absolute atomic E-state index is 0.0265. The first-order valence-corrected chi connectivity index (χ1v) is 8.48. The number of nitrogens with zero attached hydrogens (tertiary/aromatic N) is 1. The van der Waals surface area contributed by atoms with Gasteiger partial charge in [0.25, 0.3) is 5.91 Å². The molecule has 1 saturated heterocycles. The number of carbonyl (C=O) groups excluding carboxylic acids is 3. The van der Waals surface area contributed by atoms with Crippen LogP contribution >= 0.6 is 11.3 Å². The number of hydrogen-bond acceptors (Lipinski definition) is 4. The highest BCUT2D eigenvalue weighted by molar-refractivity contribution is 7.18. The fraction of sp³-hybridized carbons (Fsp3) is 0.562. The van der Waals surface area contributed by atoms with Crippen molar-refractivity contribution in [3.63, 3.8) is 0 Å². The van der Waals surface area contributed by atoms with Crippen LogP contribution in [0.25, 0.3) is 0 Å². The van der Waals surface area contributed by atoms with E-state index in [1.807, 2.05) is 33.8 Å². The Bertz CT molecular complexity index is 631. The topological polar surface area (TPSA) is 78.5 Å². The van der Waals surface area contributed by atoms with Crippen molar-refractivity contribution in [3.05, 3.63) is 16.5 Å². The van der Waals surface area contributed by atoms with Crippen LogP contribution in [0.4, 0.5) is 5.00 Å². The highest BCUT2D eigenvalue weighted by Gasteiger charge is 2.25. The number of aryl methyl sites for hydroxylation is 1. The second-order valence-electron chi connectivity index (χ2n) is 6.72. The van der Waals surface area contributed by atoms with E-state index in [4.69, 9.17) is 0 Å².